The molecule has 63 heavy (non-hydrogen) atoms. The summed E-state index contributed by atoms with van der Waals surface area (Å²) in [6, 6.07) is 6.16. The average molecular weight is 885 g/mol. The molecule has 3 N–H and O–H groups in total. The largest absolute Gasteiger partial charge is 0.489 e. The number of pyridine rings is 1. The number of ether oxygens (including phenoxy) is 3. The predicted octanol–water partition coefficient (Wildman–Crippen LogP) is 7.39. The number of carbonyl (C=O) groups excluding carboxylic acids is 4. The number of alkyl carbamates (subject to hydrolysis) is 1. The van der Waals surface area contributed by atoms with E-state index in [9.17, 15) is 14.4 Å². The van der Waals surface area contributed by atoms with Gasteiger partial charge in [-0.2, -0.15) is 0 Å². The molecule has 2 aromatic rings. The van der Waals surface area contributed by atoms with Crippen molar-refractivity contribution in [1.29, 1.82) is 0 Å². The Morgan fingerprint density at radius 2 is 1.71 bits per heavy atom. The van der Waals surface area contributed by atoms with Crippen molar-refractivity contribution in [2.45, 2.75) is 170 Å². The molecule has 0 unspecified atom stereocenters. The minimum atomic E-state index is -1.19. The number of rotatable bonds is 9. The molecule has 342 valence electrons. The SMILES string of the molecule is C=C[C@@H]1CC[C@]1(NC(=O)[C@@H]1C[C@@H]2CN1C(=O)[C@H](C1(C)CCCCC1)NC(=O)O[C@@H]1C[C@H]1CCCCCc1c(nc3ccccc3c1OC1CCN(C)CC1)O2)C(=O)NSC1(C)CC1. The van der Waals surface area contributed by atoms with Gasteiger partial charge in [0.1, 0.15) is 41.7 Å². The van der Waals surface area contributed by atoms with E-state index in [1.807, 2.05) is 18.2 Å². The number of hydrogen-bond acceptors (Lipinski definition) is 10. The standard InChI is InChI=1S/C49H68N6O7S/c1-5-32-18-23-49(32,45(58)53-63-48(3)24-25-48)52-42(56)38-29-34-30-55(38)44(57)41(47(2)21-12-7-13-22-47)51-46(59)62-39-28-31(39)14-8-6-9-16-36-40(60-33-19-26-54(4)27-20-33)35-15-10-11-17-37(35)50-43(36)61-34/h5,10-11,15,17,31-34,38-39,41H,1,6-9,12-14,16,18-30H2,2-4H3,(H,51,59)(H,52,56)(H,53,58)/t31-,32-,34-,38+,39-,41-,49-/m1/s1. The normalized spacial score (nSPS) is 32.2. The fourth-order valence-corrected chi connectivity index (χ4v) is 11.7. The van der Waals surface area contributed by atoms with Crippen LogP contribution in [0, 0.1) is 17.3 Å². The third kappa shape index (κ3) is 9.40. The van der Waals surface area contributed by atoms with Gasteiger partial charge < -0.3 is 34.6 Å². The summed E-state index contributed by atoms with van der Waals surface area (Å²) in [4.78, 5) is 67.3. The number of nitrogens with one attached hydrogen (secondary N) is 3. The minimum absolute atomic E-state index is 0.00224. The number of aromatic nitrogens is 1. The van der Waals surface area contributed by atoms with Crippen LogP contribution >= 0.6 is 11.9 Å². The summed E-state index contributed by atoms with van der Waals surface area (Å²) in [6.45, 7) is 10.3. The molecule has 4 heterocycles. The average Bonchev–Trinajstić information content (AvgIpc) is 4.15. The van der Waals surface area contributed by atoms with Crippen LogP contribution in [0.15, 0.2) is 36.9 Å². The topological polar surface area (TPSA) is 151 Å². The monoisotopic (exact) mass is 884 g/mol. The van der Waals surface area contributed by atoms with E-state index >= 15 is 4.79 Å². The number of piperidine rings is 1. The molecule has 1 aromatic carbocycles. The number of para-hydroxylation sites is 1. The van der Waals surface area contributed by atoms with E-state index in [0.29, 0.717) is 31.1 Å². The molecule has 0 radical (unpaired) electrons. The summed E-state index contributed by atoms with van der Waals surface area (Å²) >= 11 is 1.42. The molecule has 7 atom stereocenters. The Labute approximate surface area is 377 Å². The van der Waals surface area contributed by atoms with Gasteiger partial charge in [-0.1, -0.05) is 57.2 Å². The number of carbonyl (C=O) groups is 4. The van der Waals surface area contributed by atoms with Gasteiger partial charge in [0.05, 0.1) is 17.6 Å². The van der Waals surface area contributed by atoms with Crippen molar-refractivity contribution in [3.63, 3.8) is 0 Å². The van der Waals surface area contributed by atoms with Crippen molar-refractivity contribution >= 4 is 46.7 Å². The van der Waals surface area contributed by atoms with E-state index in [0.717, 1.165) is 125 Å². The predicted molar refractivity (Wildman–Crippen MR) is 243 cm³/mol. The van der Waals surface area contributed by atoms with Crippen LogP contribution in [0.5, 0.6) is 11.6 Å². The van der Waals surface area contributed by atoms with Crippen molar-refractivity contribution in [2.24, 2.45) is 17.3 Å². The highest BCUT2D eigenvalue weighted by atomic mass is 32.2. The van der Waals surface area contributed by atoms with E-state index in [1.54, 1.807) is 11.0 Å². The van der Waals surface area contributed by atoms with Crippen LogP contribution in [0.2, 0.25) is 0 Å². The molecule has 6 fully saturated rings. The lowest BCUT2D eigenvalue weighted by Crippen LogP contribution is -2.69. The van der Waals surface area contributed by atoms with Crippen molar-refractivity contribution in [3.05, 3.63) is 42.5 Å². The lowest BCUT2D eigenvalue weighted by molar-refractivity contribution is -0.146. The van der Waals surface area contributed by atoms with Crippen LogP contribution in [0.1, 0.15) is 129 Å². The maximum absolute atomic E-state index is 15.4. The van der Waals surface area contributed by atoms with Gasteiger partial charge in [-0.05, 0) is 126 Å². The molecule has 9 rings (SSSR count). The second kappa shape index (κ2) is 18.1. The van der Waals surface area contributed by atoms with Gasteiger partial charge in [0.25, 0.3) is 5.91 Å². The molecule has 2 saturated heterocycles. The Kier molecular flexibility index (Phi) is 12.7. The molecule has 0 spiro atoms. The number of fused-ring (bicyclic) bond motifs is 5. The third-order valence-corrected chi connectivity index (χ3v) is 16.9. The van der Waals surface area contributed by atoms with Gasteiger partial charge in [0.15, 0.2) is 0 Å². The van der Waals surface area contributed by atoms with Crippen LogP contribution in [-0.4, -0.2) is 106 Å². The Balaban J connectivity index is 1.08. The molecule has 2 bridgehead atoms. The van der Waals surface area contributed by atoms with E-state index < -0.39 is 41.1 Å². The summed E-state index contributed by atoms with van der Waals surface area (Å²) in [6.07, 6.45) is 15.5. The first-order valence-electron chi connectivity index (χ1n) is 24.0. The van der Waals surface area contributed by atoms with Gasteiger partial charge in [-0.15, -0.1) is 6.58 Å². The first-order valence-corrected chi connectivity index (χ1v) is 24.8. The maximum atomic E-state index is 15.4. The summed E-state index contributed by atoms with van der Waals surface area (Å²) in [7, 11) is 2.15. The van der Waals surface area contributed by atoms with Crippen LogP contribution in [-0.2, 0) is 25.5 Å². The van der Waals surface area contributed by atoms with Gasteiger partial charge in [0, 0.05) is 35.6 Å². The molecule has 7 aliphatic rings. The van der Waals surface area contributed by atoms with Gasteiger partial charge in [-0.3, -0.25) is 19.1 Å². The van der Waals surface area contributed by atoms with Crippen molar-refractivity contribution in [2.75, 3.05) is 26.7 Å². The Morgan fingerprint density at radius 1 is 0.952 bits per heavy atom. The maximum Gasteiger partial charge on any atom is 0.408 e. The minimum Gasteiger partial charge on any atom is -0.489 e. The van der Waals surface area contributed by atoms with E-state index in [-0.39, 0.29) is 47.7 Å². The fourth-order valence-electron chi connectivity index (χ4n) is 10.9. The van der Waals surface area contributed by atoms with Crippen molar-refractivity contribution < 1.29 is 33.4 Å². The molecule has 4 aliphatic carbocycles. The molecule has 4 saturated carbocycles. The molecule has 4 amide bonds. The highest BCUT2D eigenvalue weighted by molar-refractivity contribution is 7.99. The van der Waals surface area contributed by atoms with Crippen molar-refractivity contribution in [1.82, 2.24) is 30.1 Å². The zero-order valence-electron chi connectivity index (χ0n) is 37.6. The second-order valence-electron chi connectivity index (χ2n) is 20.5. The summed E-state index contributed by atoms with van der Waals surface area (Å²) in [5, 5.41) is 7.22. The highest BCUT2D eigenvalue weighted by Gasteiger charge is 2.56. The smallest absolute Gasteiger partial charge is 0.408 e. The molecular formula is C49H68N6O7S. The molecule has 14 heteroatoms. The zero-order chi connectivity index (χ0) is 43.9. The summed E-state index contributed by atoms with van der Waals surface area (Å²) in [5.41, 5.74) is -0.0553. The lowest BCUT2D eigenvalue weighted by Gasteiger charge is -2.48. The van der Waals surface area contributed by atoms with Crippen LogP contribution < -0.4 is 24.8 Å². The van der Waals surface area contributed by atoms with Crippen LogP contribution in [0.3, 0.4) is 0 Å². The number of benzene rings is 1. The fraction of sp³-hybridized carbons (Fsp3) is 0.694. The molecule has 13 nitrogen and oxygen atoms in total. The first kappa shape index (κ1) is 44.2. The molecule has 1 aromatic heterocycles. The van der Waals surface area contributed by atoms with Crippen molar-refractivity contribution in [3.8, 4) is 11.6 Å². The second-order valence-corrected chi connectivity index (χ2v) is 21.9. The third-order valence-electron chi connectivity index (χ3n) is 15.7. The zero-order valence-corrected chi connectivity index (χ0v) is 38.4. The lowest BCUT2D eigenvalue weighted by atomic mass is 9.66. The number of likely N-dealkylation sites (tertiary alicyclic amines) is 1. The van der Waals surface area contributed by atoms with Gasteiger partial charge >= 0.3 is 6.09 Å². The van der Waals surface area contributed by atoms with E-state index in [2.05, 4.69) is 53.8 Å². The van der Waals surface area contributed by atoms with Gasteiger partial charge in [0.2, 0.25) is 17.7 Å². The first-order chi connectivity index (χ1) is 30.4. The number of hydrogen-bond donors (Lipinski definition) is 3. The van der Waals surface area contributed by atoms with E-state index in [4.69, 9.17) is 19.2 Å². The molecule has 3 aliphatic heterocycles. The quantitative estimate of drug-likeness (QED) is 0.172. The van der Waals surface area contributed by atoms with E-state index in [1.165, 1.54) is 11.9 Å². The Bertz CT molecular complexity index is 2070. The van der Waals surface area contributed by atoms with Crippen LogP contribution in [0.4, 0.5) is 4.79 Å². The number of nitrogens with zero attached hydrogens (tertiary/aromatic N) is 3. The van der Waals surface area contributed by atoms with Gasteiger partial charge in [-0.25, -0.2) is 9.78 Å². The summed E-state index contributed by atoms with van der Waals surface area (Å²) < 4.78 is 23.1. The Morgan fingerprint density at radius 3 is 2.44 bits per heavy atom. The Hall–Kier alpha value is -4.04. The highest BCUT2D eigenvalue weighted by Crippen LogP contribution is 2.48. The molecular weight excluding hydrogens is 817 g/mol. The summed E-state index contributed by atoms with van der Waals surface area (Å²) in [5.74, 6) is 0.323. The van der Waals surface area contributed by atoms with Crippen LogP contribution in [0.25, 0.3) is 10.9 Å². The number of amides is 4.